The number of aliphatic hydroxyl groups excluding tert-OH is 1. The lowest BCUT2D eigenvalue weighted by atomic mass is 9.90. The van der Waals surface area contributed by atoms with Crippen molar-refractivity contribution >= 4 is 6.09 Å². The number of carbonyl (C=O) groups is 1. The van der Waals surface area contributed by atoms with E-state index >= 15 is 0 Å². The number of rotatable bonds is 11. The predicted molar refractivity (Wildman–Crippen MR) is 166 cm³/mol. The minimum Gasteiger partial charge on any atom is -0.445 e. The maximum absolute atomic E-state index is 11.8. The zero-order valence-corrected chi connectivity index (χ0v) is 24.9. The van der Waals surface area contributed by atoms with Crippen molar-refractivity contribution in [3.8, 4) is 0 Å². The number of carbonyl (C=O) groups excluding carboxylic acids is 1. The second-order valence-electron chi connectivity index (χ2n) is 11.4. The number of hydrogen-bond acceptors (Lipinski definition) is 7. The maximum atomic E-state index is 11.8. The van der Waals surface area contributed by atoms with Crippen LogP contribution in [0.5, 0.6) is 0 Å². The van der Waals surface area contributed by atoms with Crippen molar-refractivity contribution in [2.24, 2.45) is 5.92 Å². The Bertz CT molecular complexity index is 1290. The Morgan fingerprint density at radius 1 is 0.907 bits per heavy atom. The van der Waals surface area contributed by atoms with Gasteiger partial charge in [-0.2, -0.15) is 0 Å². The number of piperazine rings is 1. The van der Waals surface area contributed by atoms with E-state index in [1.165, 1.54) is 11.6 Å². The standard InChI is InChI=1S/C35H43N3O5/c1-3-21-41-35(40)36-22-27-9-15-31(16-10-27)34-42-32(26(2)33(43-34)30-13-11-29(25-39)12-14-30)24-38-19-17-37(18-20-38)23-28-7-5-4-6-8-28/h3-16,26,32-34,39H,1,17-25H2,2H3,(H,36,40)/t26-,32+,33+,34+/m1/s1. The number of nitrogens with one attached hydrogen (secondary N) is 1. The van der Waals surface area contributed by atoms with Gasteiger partial charge in [0.15, 0.2) is 6.29 Å². The number of ether oxygens (including phenoxy) is 3. The fraction of sp³-hybridized carbons (Fsp3) is 0.400. The average Bonchev–Trinajstić information content (AvgIpc) is 3.05. The third-order valence-electron chi connectivity index (χ3n) is 8.30. The molecule has 8 nitrogen and oxygen atoms in total. The molecule has 2 saturated heterocycles. The normalized spacial score (nSPS) is 23.0. The van der Waals surface area contributed by atoms with Crippen molar-refractivity contribution in [1.82, 2.24) is 15.1 Å². The van der Waals surface area contributed by atoms with E-state index < -0.39 is 12.4 Å². The lowest BCUT2D eigenvalue weighted by Crippen LogP contribution is -2.51. The number of alkyl carbamates (subject to hydrolysis) is 1. The van der Waals surface area contributed by atoms with Crippen LogP contribution in [0, 0.1) is 5.92 Å². The van der Waals surface area contributed by atoms with Crippen LogP contribution in [0.4, 0.5) is 4.79 Å². The lowest BCUT2D eigenvalue weighted by Gasteiger charge is -2.44. The van der Waals surface area contributed by atoms with Gasteiger partial charge in [0.05, 0.1) is 18.8 Å². The van der Waals surface area contributed by atoms with Gasteiger partial charge in [-0.3, -0.25) is 9.80 Å². The molecule has 1 amide bonds. The summed E-state index contributed by atoms with van der Waals surface area (Å²) < 4.78 is 18.3. The molecule has 0 aromatic heterocycles. The second-order valence-corrected chi connectivity index (χ2v) is 11.4. The van der Waals surface area contributed by atoms with E-state index in [4.69, 9.17) is 14.2 Å². The van der Waals surface area contributed by atoms with Crippen molar-refractivity contribution in [3.05, 3.63) is 119 Å². The van der Waals surface area contributed by atoms with Crippen molar-refractivity contribution in [2.75, 3.05) is 39.3 Å². The van der Waals surface area contributed by atoms with Crippen LogP contribution in [-0.2, 0) is 33.9 Å². The third-order valence-corrected chi connectivity index (χ3v) is 8.30. The summed E-state index contributed by atoms with van der Waals surface area (Å²) in [6.45, 7) is 12.2. The zero-order valence-electron chi connectivity index (χ0n) is 24.9. The van der Waals surface area contributed by atoms with Crippen LogP contribution in [-0.4, -0.2) is 66.4 Å². The zero-order chi connectivity index (χ0) is 30.0. The molecule has 2 N–H and O–H groups in total. The van der Waals surface area contributed by atoms with Gasteiger partial charge in [0, 0.05) is 57.3 Å². The van der Waals surface area contributed by atoms with Gasteiger partial charge in [0.1, 0.15) is 6.61 Å². The largest absolute Gasteiger partial charge is 0.445 e. The number of benzene rings is 3. The molecule has 43 heavy (non-hydrogen) atoms. The number of amides is 1. The molecule has 2 aliphatic heterocycles. The third kappa shape index (κ3) is 8.53. The van der Waals surface area contributed by atoms with Gasteiger partial charge in [0.25, 0.3) is 0 Å². The van der Waals surface area contributed by atoms with Gasteiger partial charge >= 0.3 is 6.09 Å². The molecule has 0 unspecified atom stereocenters. The maximum Gasteiger partial charge on any atom is 0.407 e. The molecule has 0 saturated carbocycles. The van der Waals surface area contributed by atoms with E-state index in [1.54, 1.807) is 0 Å². The van der Waals surface area contributed by atoms with Crippen molar-refractivity contribution in [2.45, 2.75) is 45.1 Å². The molecule has 0 spiro atoms. The van der Waals surface area contributed by atoms with Gasteiger partial charge in [-0.25, -0.2) is 4.79 Å². The van der Waals surface area contributed by atoms with Crippen LogP contribution in [0.15, 0.2) is 91.5 Å². The molecule has 2 fully saturated rings. The predicted octanol–water partition coefficient (Wildman–Crippen LogP) is 5.20. The Hall–Kier alpha value is -3.53. The highest BCUT2D eigenvalue weighted by Crippen LogP contribution is 2.42. The van der Waals surface area contributed by atoms with Crippen LogP contribution in [0.3, 0.4) is 0 Å². The molecule has 8 heteroatoms. The first-order valence-electron chi connectivity index (χ1n) is 15.1. The molecule has 3 aromatic rings. The summed E-state index contributed by atoms with van der Waals surface area (Å²) in [5.41, 5.74) is 5.19. The summed E-state index contributed by atoms with van der Waals surface area (Å²) in [7, 11) is 0. The lowest BCUT2D eigenvalue weighted by molar-refractivity contribution is -0.276. The molecule has 228 valence electrons. The van der Waals surface area contributed by atoms with Crippen molar-refractivity contribution in [3.63, 3.8) is 0 Å². The number of aliphatic hydroxyl groups is 1. The molecule has 2 heterocycles. The minimum atomic E-state index is -0.525. The first-order chi connectivity index (χ1) is 21.0. The molecule has 2 aliphatic rings. The van der Waals surface area contributed by atoms with Crippen LogP contribution in [0.2, 0.25) is 0 Å². The fourth-order valence-electron chi connectivity index (χ4n) is 5.71. The first kappa shape index (κ1) is 30.9. The van der Waals surface area contributed by atoms with Gasteiger partial charge in [-0.15, -0.1) is 0 Å². The van der Waals surface area contributed by atoms with Gasteiger partial charge < -0.3 is 24.6 Å². The molecule has 4 atom stereocenters. The molecule has 0 bridgehead atoms. The highest BCUT2D eigenvalue weighted by Gasteiger charge is 2.39. The molecule has 5 rings (SSSR count). The minimum absolute atomic E-state index is 0.0130. The van der Waals surface area contributed by atoms with E-state index in [0.29, 0.717) is 6.54 Å². The van der Waals surface area contributed by atoms with Crippen molar-refractivity contribution in [1.29, 1.82) is 0 Å². The van der Waals surface area contributed by atoms with Gasteiger partial charge in [-0.1, -0.05) is 98.4 Å². The first-order valence-corrected chi connectivity index (χ1v) is 15.1. The summed E-state index contributed by atoms with van der Waals surface area (Å²) in [4.78, 5) is 16.8. The Morgan fingerprint density at radius 3 is 2.23 bits per heavy atom. The smallest absolute Gasteiger partial charge is 0.407 e. The highest BCUT2D eigenvalue weighted by molar-refractivity contribution is 5.67. The summed E-state index contributed by atoms with van der Waals surface area (Å²) in [6, 6.07) is 26.6. The van der Waals surface area contributed by atoms with Crippen LogP contribution >= 0.6 is 0 Å². The van der Waals surface area contributed by atoms with E-state index in [0.717, 1.165) is 61.5 Å². The van der Waals surface area contributed by atoms with E-state index in [9.17, 15) is 9.90 Å². The van der Waals surface area contributed by atoms with Gasteiger partial charge in [-0.05, 0) is 22.3 Å². The Morgan fingerprint density at radius 2 is 1.56 bits per heavy atom. The monoisotopic (exact) mass is 585 g/mol. The summed E-state index contributed by atoms with van der Waals surface area (Å²) >= 11 is 0. The van der Waals surface area contributed by atoms with Crippen molar-refractivity contribution < 1.29 is 24.1 Å². The Labute approximate surface area is 254 Å². The van der Waals surface area contributed by atoms with Crippen LogP contribution in [0.1, 0.15) is 47.1 Å². The van der Waals surface area contributed by atoms with Crippen LogP contribution in [0.25, 0.3) is 0 Å². The SMILES string of the molecule is C=CCOC(=O)NCc1ccc([C@H]2O[C@@H](CN3CCN(Cc4ccccc4)CC3)[C@@H](C)[C@@H](c3ccc(CO)cc3)O2)cc1. The van der Waals surface area contributed by atoms with Gasteiger partial charge in [0.2, 0.25) is 0 Å². The van der Waals surface area contributed by atoms with Crippen LogP contribution < -0.4 is 5.32 Å². The summed E-state index contributed by atoms with van der Waals surface area (Å²) in [6.07, 6.45) is 0.352. The Kier molecular flexibility index (Phi) is 11.0. The number of hydrogen-bond donors (Lipinski definition) is 2. The molecule has 0 radical (unpaired) electrons. The van der Waals surface area contributed by atoms with E-state index in [1.807, 2.05) is 36.4 Å². The molecule has 0 aliphatic carbocycles. The summed E-state index contributed by atoms with van der Waals surface area (Å²) in [5.74, 6) is 0.128. The average molecular weight is 586 g/mol. The Balaban J connectivity index is 1.25. The van der Waals surface area contributed by atoms with E-state index in [-0.39, 0.29) is 31.3 Å². The molecular formula is C35H43N3O5. The second kappa shape index (κ2) is 15.3. The fourth-order valence-corrected chi connectivity index (χ4v) is 5.71. The quantitative estimate of drug-likeness (QED) is 0.299. The molecular weight excluding hydrogens is 542 g/mol. The van der Waals surface area contributed by atoms with E-state index in [2.05, 4.69) is 71.1 Å². The topological polar surface area (TPSA) is 83.5 Å². The summed E-state index contributed by atoms with van der Waals surface area (Å²) in [5, 5.41) is 12.3. The number of nitrogens with zero attached hydrogens (tertiary/aromatic N) is 2. The molecule has 3 aromatic carbocycles. The highest BCUT2D eigenvalue weighted by atomic mass is 16.7.